The highest BCUT2D eigenvalue weighted by atomic mass is 19.1. The molecule has 1 atom stereocenters. The standard InChI is InChI=1S/C24H25FN4O3/c25-19-7-6-18-11-13-28(21(18)16-19)15-12-26-22(30)9-8-20-23(31)29(24(32)27-20)14-10-17-4-2-1-3-5-17/h1-7,11,13,16,20H,8-10,12,14-15H2,(H,26,30)(H,27,32)/t20-/m0/s1. The van der Waals surface area contributed by atoms with E-state index in [4.69, 9.17) is 0 Å². The Morgan fingerprint density at radius 1 is 1.06 bits per heavy atom. The number of nitrogens with one attached hydrogen (secondary N) is 2. The summed E-state index contributed by atoms with van der Waals surface area (Å²) in [5, 5.41) is 6.42. The molecule has 2 heterocycles. The molecule has 0 saturated carbocycles. The summed E-state index contributed by atoms with van der Waals surface area (Å²) in [5.74, 6) is -0.792. The summed E-state index contributed by atoms with van der Waals surface area (Å²) >= 11 is 0. The molecule has 0 aliphatic carbocycles. The highest BCUT2D eigenvalue weighted by Crippen LogP contribution is 2.17. The Labute approximate surface area is 185 Å². The van der Waals surface area contributed by atoms with Gasteiger partial charge in [-0.2, -0.15) is 0 Å². The zero-order chi connectivity index (χ0) is 22.5. The van der Waals surface area contributed by atoms with Gasteiger partial charge in [-0.15, -0.1) is 0 Å². The second-order valence-corrected chi connectivity index (χ2v) is 7.83. The first kappa shape index (κ1) is 21.5. The van der Waals surface area contributed by atoms with Crippen LogP contribution in [0.4, 0.5) is 9.18 Å². The van der Waals surface area contributed by atoms with Crippen molar-refractivity contribution in [3.8, 4) is 0 Å². The van der Waals surface area contributed by atoms with Crippen molar-refractivity contribution in [1.82, 2.24) is 20.1 Å². The van der Waals surface area contributed by atoms with Crippen molar-refractivity contribution < 1.29 is 18.8 Å². The van der Waals surface area contributed by atoms with Crippen LogP contribution in [0.25, 0.3) is 10.9 Å². The van der Waals surface area contributed by atoms with Gasteiger partial charge >= 0.3 is 6.03 Å². The van der Waals surface area contributed by atoms with Crippen molar-refractivity contribution in [1.29, 1.82) is 0 Å². The lowest BCUT2D eigenvalue weighted by Crippen LogP contribution is -2.34. The molecule has 0 spiro atoms. The fraction of sp³-hybridized carbons (Fsp3) is 0.292. The lowest BCUT2D eigenvalue weighted by molar-refractivity contribution is -0.127. The minimum absolute atomic E-state index is 0.129. The van der Waals surface area contributed by atoms with Gasteiger partial charge in [0.25, 0.3) is 5.91 Å². The third kappa shape index (κ3) is 4.96. The largest absolute Gasteiger partial charge is 0.354 e. The Balaban J connectivity index is 1.21. The van der Waals surface area contributed by atoms with Gasteiger partial charge in [-0.1, -0.05) is 30.3 Å². The van der Waals surface area contributed by atoms with Crippen molar-refractivity contribution in [2.24, 2.45) is 0 Å². The van der Waals surface area contributed by atoms with Crippen LogP contribution in [0.1, 0.15) is 18.4 Å². The first-order chi connectivity index (χ1) is 15.5. The SMILES string of the molecule is O=C(CC[C@@H]1NC(=O)N(CCc2ccccc2)C1=O)NCCn1ccc2ccc(F)cc21. The number of nitrogens with zero attached hydrogens (tertiary/aromatic N) is 2. The Bertz CT molecular complexity index is 1130. The number of rotatable bonds is 9. The number of urea groups is 1. The maximum Gasteiger partial charge on any atom is 0.324 e. The number of benzene rings is 2. The van der Waals surface area contributed by atoms with E-state index in [0.717, 1.165) is 16.5 Å². The number of carbonyl (C=O) groups excluding carboxylic acids is 3. The fourth-order valence-corrected chi connectivity index (χ4v) is 3.90. The molecule has 0 radical (unpaired) electrons. The van der Waals surface area contributed by atoms with Crippen molar-refractivity contribution in [2.75, 3.05) is 13.1 Å². The molecule has 1 aliphatic rings. The molecular weight excluding hydrogens is 411 g/mol. The Morgan fingerprint density at radius 3 is 2.69 bits per heavy atom. The number of imide groups is 1. The number of aromatic nitrogens is 1. The van der Waals surface area contributed by atoms with Gasteiger partial charge in [0.15, 0.2) is 0 Å². The highest BCUT2D eigenvalue weighted by molar-refractivity contribution is 6.04. The summed E-state index contributed by atoms with van der Waals surface area (Å²) in [6.07, 6.45) is 2.82. The molecular formula is C24H25FN4O3. The molecule has 4 rings (SSSR count). The van der Waals surface area contributed by atoms with E-state index in [1.165, 1.54) is 17.0 Å². The van der Waals surface area contributed by atoms with E-state index < -0.39 is 12.1 Å². The van der Waals surface area contributed by atoms with Gasteiger partial charge < -0.3 is 15.2 Å². The molecule has 166 valence electrons. The minimum Gasteiger partial charge on any atom is -0.354 e. The summed E-state index contributed by atoms with van der Waals surface area (Å²) < 4.78 is 15.3. The molecule has 0 bridgehead atoms. The van der Waals surface area contributed by atoms with Crippen molar-refractivity contribution in [3.63, 3.8) is 0 Å². The number of hydrogen-bond acceptors (Lipinski definition) is 3. The number of amides is 4. The molecule has 2 N–H and O–H groups in total. The van der Waals surface area contributed by atoms with Gasteiger partial charge in [-0.3, -0.25) is 14.5 Å². The number of fused-ring (bicyclic) bond motifs is 1. The normalized spacial score (nSPS) is 15.9. The van der Waals surface area contributed by atoms with Crippen LogP contribution < -0.4 is 10.6 Å². The van der Waals surface area contributed by atoms with Crippen LogP contribution in [0.15, 0.2) is 60.8 Å². The van der Waals surface area contributed by atoms with E-state index in [-0.39, 0.29) is 30.5 Å². The average molecular weight is 436 g/mol. The zero-order valence-corrected chi connectivity index (χ0v) is 17.6. The smallest absolute Gasteiger partial charge is 0.324 e. The van der Waals surface area contributed by atoms with E-state index in [9.17, 15) is 18.8 Å². The third-order valence-corrected chi connectivity index (χ3v) is 5.64. The quantitative estimate of drug-likeness (QED) is 0.506. The number of halogens is 1. The summed E-state index contributed by atoms with van der Waals surface area (Å²) in [6, 6.07) is 15.1. The van der Waals surface area contributed by atoms with Gasteiger partial charge in [0.1, 0.15) is 11.9 Å². The van der Waals surface area contributed by atoms with Crippen LogP contribution in [-0.2, 0) is 22.6 Å². The average Bonchev–Trinajstić information content (AvgIpc) is 3.31. The lowest BCUT2D eigenvalue weighted by atomic mass is 10.1. The number of hydrogen-bond donors (Lipinski definition) is 2. The monoisotopic (exact) mass is 436 g/mol. The van der Waals surface area contributed by atoms with Gasteiger partial charge in [0.05, 0.1) is 5.52 Å². The second kappa shape index (κ2) is 9.64. The molecule has 4 amide bonds. The van der Waals surface area contributed by atoms with Crippen LogP contribution >= 0.6 is 0 Å². The summed E-state index contributed by atoms with van der Waals surface area (Å²) in [6.45, 7) is 1.20. The van der Waals surface area contributed by atoms with Gasteiger partial charge in [-0.25, -0.2) is 9.18 Å². The van der Waals surface area contributed by atoms with Crippen LogP contribution in [0.2, 0.25) is 0 Å². The maximum atomic E-state index is 13.5. The topological polar surface area (TPSA) is 83.4 Å². The first-order valence-corrected chi connectivity index (χ1v) is 10.7. The molecule has 1 aliphatic heterocycles. The molecule has 1 saturated heterocycles. The van der Waals surface area contributed by atoms with E-state index in [1.807, 2.05) is 47.2 Å². The van der Waals surface area contributed by atoms with Gasteiger partial charge in [0, 0.05) is 32.3 Å². The molecule has 7 nitrogen and oxygen atoms in total. The Morgan fingerprint density at radius 2 is 1.88 bits per heavy atom. The Hall–Kier alpha value is -3.68. The maximum absolute atomic E-state index is 13.5. The second-order valence-electron chi connectivity index (χ2n) is 7.83. The van der Waals surface area contributed by atoms with Crippen LogP contribution in [0.5, 0.6) is 0 Å². The van der Waals surface area contributed by atoms with Gasteiger partial charge in [-0.05, 0) is 48.1 Å². The zero-order valence-electron chi connectivity index (χ0n) is 17.6. The third-order valence-electron chi connectivity index (χ3n) is 5.64. The molecule has 8 heteroatoms. The van der Waals surface area contributed by atoms with E-state index in [1.54, 1.807) is 6.07 Å². The van der Waals surface area contributed by atoms with Gasteiger partial charge in [0.2, 0.25) is 5.91 Å². The number of carbonyl (C=O) groups is 3. The molecule has 3 aromatic rings. The van der Waals surface area contributed by atoms with Crippen molar-refractivity contribution in [2.45, 2.75) is 31.8 Å². The fourth-order valence-electron chi connectivity index (χ4n) is 3.90. The van der Waals surface area contributed by atoms with Crippen molar-refractivity contribution in [3.05, 3.63) is 72.2 Å². The van der Waals surface area contributed by atoms with Crippen LogP contribution in [-0.4, -0.2) is 46.4 Å². The van der Waals surface area contributed by atoms with Crippen molar-refractivity contribution >= 4 is 28.7 Å². The highest BCUT2D eigenvalue weighted by Gasteiger charge is 2.37. The molecule has 0 unspecified atom stereocenters. The van der Waals surface area contributed by atoms with E-state index in [0.29, 0.717) is 26.1 Å². The predicted octanol–water partition coefficient (Wildman–Crippen LogP) is 2.84. The summed E-state index contributed by atoms with van der Waals surface area (Å²) in [4.78, 5) is 38.1. The Kier molecular flexibility index (Phi) is 6.49. The first-order valence-electron chi connectivity index (χ1n) is 10.7. The van der Waals surface area contributed by atoms with Crippen LogP contribution in [0.3, 0.4) is 0 Å². The molecule has 1 fully saturated rings. The molecule has 2 aromatic carbocycles. The molecule has 1 aromatic heterocycles. The summed E-state index contributed by atoms with van der Waals surface area (Å²) in [5.41, 5.74) is 1.82. The predicted molar refractivity (Wildman–Crippen MR) is 118 cm³/mol. The summed E-state index contributed by atoms with van der Waals surface area (Å²) in [7, 11) is 0. The van der Waals surface area contributed by atoms with Crippen LogP contribution in [0, 0.1) is 5.82 Å². The molecule has 32 heavy (non-hydrogen) atoms. The van der Waals surface area contributed by atoms with E-state index >= 15 is 0 Å². The van der Waals surface area contributed by atoms with E-state index in [2.05, 4.69) is 10.6 Å². The minimum atomic E-state index is -0.680. The lowest BCUT2D eigenvalue weighted by Gasteiger charge is -2.13.